The highest BCUT2D eigenvalue weighted by Gasteiger charge is 2.07. The lowest BCUT2D eigenvalue weighted by atomic mass is 10.0. The largest absolute Gasteiger partial charge is 0.480 e. The van der Waals surface area contributed by atoms with E-state index in [1.54, 1.807) is 0 Å². The van der Waals surface area contributed by atoms with E-state index in [1.165, 1.54) is 77.0 Å². The maximum absolute atomic E-state index is 11.6. The maximum atomic E-state index is 11.6. The molecule has 164 valence electrons. The lowest BCUT2D eigenvalue weighted by Gasteiger charge is -2.06. The number of unbranched alkanes of at least 4 members (excludes halogenated alkanes) is 13. The molecular weight excluding hydrogens is 356 g/mol. The van der Waals surface area contributed by atoms with E-state index in [-0.39, 0.29) is 18.7 Å². The SMILES string of the molecule is CCCCCCCCCCCCCCCCNC(=O)CCC(=O)NCC(=O)O. The predicted molar refractivity (Wildman–Crippen MR) is 113 cm³/mol. The number of hydrogen-bond acceptors (Lipinski definition) is 3. The van der Waals surface area contributed by atoms with Crippen molar-refractivity contribution < 1.29 is 19.5 Å². The van der Waals surface area contributed by atoms with Crippen LogP contribution in [0.5, 0.6) is 0 Å². The number of amides is 2. The second kappa shape index (κ2) is 20.2. The van der Waals surface area contributed by atoms with Crippen LogP contribution in [0.3, 0.4) is 0 Å². The average Bonchev–Trinajstić information content (AvgIpc) is 2.67. The van der Waals surface area contributed by atoms with Crippen LogP contribution in [0.4, 0.5) is 0 Å². The Kier molecular flexibility index (Phi) is 19.0. The first-order valence-corrected chi connectivity index (χ1v) is 11.3. The molecule has 0 aliphatic heterocycles. The molecule has 0 saturated carbocycles. The molecule has 0 unspecified atom stereocenters. The molecule has 28 heavy (non-hydrogen) atoms. The Morgan fingerprint density at radius 1 is 0.607 bits per heavy atom. The molecule has 0 atom stereocenters. The van der Waals surface area contributed by atoms with Gasteiger partial charge in [-0.25, -0.2) is 0 Å². The third-order valence-electron chi connectivity index (χ3n) is 4.87. The van der Waals surface area contributed by atoms with Crippen LogP contribution >= 0.6 is 0 Å². The Morgan fingerprint density at radius 3 is 1.43 bits per heavy atom. The third kappa shape index (κ3) is 20.7. The van der Waals surface area contributed by atoms with Gasteiger partial charge in [-0.05, 0) is 6.42 Å². The van der Waals surface area contributed by atoms with Crippen LogP contribution in [-0.2, 0) is 14.4 Å². The zero-order valence-electron chi connectivity index (χ0n) is 17.9. The van der Waals surface area contributed by atoms with E-state index in [2.05, 4.69) is 17.6 Å². The average molecular weight is 399 g/mol. The van der Waals surface area contributed by atoms with Crippen molar-refractivity contribution in [2.75, 3.05) is 13.1 Å². The van der Waals surface area contributed by atoms with E-state index in [0.717, 1.165) is 12.8 Å². The Labute approximate surface area is 171 Å². The highest BCUT2D eigenvalue weighted by atomic mass is 16.4. The topological polar surface area (TPSA) is 95.5 Å². The van der Waals surface area contributed by atoms with Crippen LogP contribution in [0, 0.1) is 0 Å². The summed E-state index contributed by atoms with van der Waals surface area (Å²) >= 11 is 0. The van der Waals surface area contributed by atoms with Gasteiger partial charge in [0.25, 0.3) is 0 Å². The van der Waals surface area contributed by atoms with E-state index in [4.69, 9.17) is 5.11 Å². The standard InChI is InChI=1S/C22H42N2O4/c1-2-3-4-5-6-7-8-9-10-11-12-13-14-15-18-23-20(25)16-17-21(26)24-19-22(27)28/h2-19H2,1H3,(H,23,25)(H,24,26)(H,27,28). The Bertz CT molecular complexity index is 413. The number of aliphatic carboxylic acids is 1. The molecule has 3 N–H and O–H groups in total. The number of carbonyl (C=O) groups is 3. The zero-order valence-corrected chi connectivity index (χ0v) is 17.9. The molecule has 0 spiro atoms. The summed E-state index contributed by atoms with van der Waals surface area (Å²) in [5, 5.41) is 13.5. The van der Waals surface area contributed by atoms with Gasteiger partial charge in [-0.3, -0.25) is 14.4 Å². The van der Waals surface area contributed by atoms with Crippen LogP contribution in [0.1, 0.15) is 110 Å². The normalized spacial score (nSPS) is 10.6. The first kappa shape index (κ1) is 26.4. The van der Waals surface area contributed by atoms with Crippen LogP contribution in [0.2, 0.25) is 0 Å². The molecular formula is C22H42N2O4. The van der Waals surface area contributed by atoms with Crippen molar-refractivity contribution in [3.63, 3.8) is 0 Å². The number of carboxylic acid groups (broad SMARTS) is 1. The minimum atomic E-state index is -1.09. The van der Waals surface area contributed by atoms with Gasteiger partial charge in [-0.15, -0.1) is 0 Å². The molecule has 0 aliphatic carbocycles. The number of hydrogen-bond donors (Lipinski definition) is 3. The number of carbonyl (C=O) groups excluding carboxylic acids is 2. The fourth-order valence-electron chi connectivity index (χ4n) is 3.13. The van der Waals surface area contributed by atoms with Gasteiger partial charge in [0, 0.05) is 19.4 Å². The number of carboxylic acids is 1. The van der Waals surface area contributed by atoms with Crippen molar-refractivity contribution >= 4 is 17.8 Å². The molecule has 0 heterocycles. The molecule has 0 aromatic carbocycles. The molecule has 0 aromatic heterocycles. The summed E-state index contributed by atoms with van der Waals surface area (Å²) < 4.78 is 0. The fraction of sp³-hybridized carbons (Fsp3) is 0.864. The molecule has 6 nitrogen and oxygen atoms in total. The molecule has 0 radical (unpaired) electrons. The third-order valence-corrected chi connectivity index (χ3v) is 4.87. The first-order chi connectivity index (χ1) is 13.6. The zero-order chi connectivity index (χ0) is 20.9. The van der Waals surface area contributed by atoms with Crippen molar-refractivity contribution in [1.29, 1.82) is 0 Å². The van der Waals surface area contributed by atoms with Gasteiger partial charge in [-0.2, -0.15) is 0 Å². The molecule has 6 heteroatoms. The summed E-state index contributed by atoms with van der Waals surface area (Å²) in [5.74, 6) is -1.65. The van der Waals surface area contributed by atoms with Gasteiger partial charge in [0.2, 0.25) is 11.8 Å². The molecule has 0 bridgehead atoms. The predicted octanol–water partition coefficient (Wildman–Crippen LogP) is 4.56. The second-order valence-electron chi connectivity index (χ2n) is 7.62. The van der Waals surface area contributed by atoms with E-state index >= 15 is 0 Å². The van der Waals surface area contributed by atoms with Gasteiger partial charge < -0.3 is 15.7 Å². The number of rotatable bonds is 20. The molecule has 2 amide bonds. The van der Waals surface area contributed by atoms with E-state index < -0.39 is 18.4 Å². The summed E-state index contributed by atoms with van der Waals surface area (Å²) in [4.78, 5) is 33.2. The smallest absolute Gasteiger partial charge is 0.322 e. The molecule has 0 saturated heterocycles. The van der Waals surface area contributed by atoms with Crippen molar-refractivity contribution in [1.82, 2.24) is 10.6 Å². The van der Waals surface area contributed by atoms with Gasteiger partial charge >= 0.3 is 5.97 Å². The summed E-state index contributed by atoms with van der Waals surface area (Å²) in [6.45, 7) is 2.50. The minimum Gasteiger partial charge on any atom is -0.480 e. The van der Waals surface area contributed by atoms with Crippen molar-refractivity contribution in [2.45, 2.75) is 110 Å². The quantitative estimate of drug-likeness (QED) is 0.262. The lowest BCUT2D eigenvalue weighted by molar-refractivity contribution is -0.138. The Morgan fingerprint density at radius 2 is 1.00 bits per heavy atom. The van der Waals surface area contributed by atoms with Crippen molar-refractivity contribution in [3.05, 3.63) is 0 Å². The molecule has 0 rings (SSSR count). The van der Waals surface area contributed by atoms with Crippen LogP contribution in [-0.4, -0.2) is 36.0 Å². The summed E-state index contributed by atoms with van der Waals surface area (Å²) in [7, 11) is 0. The molecule has 0 aromatic rings. The maximum Gasteiger partial charge on any atom is 0.322 e. The molecule has 0 aliphatic rings. The van der Waals surface area contributed by atoms with Crippen molar-refractivity contribution in [3.8, 4) is 0 Å². The van der Waals surface area contributed by atoms with E-state index in [1.807, 2.05) is 0 Å². The Balaban J connectivity index is 3.25. The summed E-state index contributed by atoms with van der Waals surface area (Å²) in [5.41, 5.74) is 0. The lowest BCUT2D eigenvalue weighted by Crippen LogP contribution is -2.31. The number of nitrogens with one attached hydrogen (secondary N) is 2. The van der Waals surface area contributed by atoms with E-state index in [9.17, 15) is 14.4 Å². The minimum absolute atomic E-state index is 0.0256. The summed E-state index contributed by atoms with van der Waals surface area (Å²) in [6, 6.07) is 0. The summed E-state index contributed by atoms with van der Waals surface area (Å²) in [6.07, 6.45) is 18.4. The highest BCUT2D eigenvalue weighted by Crippen LogP contribution is 2.12. The fourth-order valence-corrected chi connectivity index (χ4v) is 3.13. The monoisotopic (exact) mass is 398 g/mol. The highest BCUT2D eigenvalue weighted by molar-refractivity contribution is 5.85. The first-order valence-electron chi connectivity index (χ1n) is 11.3. The van der Waals surface area contributed by atoms with Gasteiger partial charge in [0.05, 0.1) is 0 Å². The molecule has 0 fully saturated rings. The van der Waals surface area contributed by atoms with Gasteiger partial charge in [-0.1, -0.05) is 90.4 Å². The van der Waals surface area contributed by atoms with Crippen LogP contribution in [0.25, 0.3) is 0 Å². The van der Waals surface area contributed by atoms with Gasteiger partial charge in [0.1, 0.15) is 6.54 Å². The van der Waals surface area contributed by atoms with Gasteiger partial charge in [0.15, 0.2) is 0 Å². The Hall–Kier alpha value is -1.59. The van der Waals surface area contributed by atoms with Crippen molar-refractivity contribution in [2.24, 2.45) is 0 Å². The van der Waals surface area contributed by atoms with Crippen LogP contribution in [0.15, 0.2) is 0 Å². The second-order valence-corrected chi connectivity index (χ2v) is 7.62. The van der Waals surface area contributed by atoms with E-state index in [0.29, 0.717) is 6.54 Å². The van der Waals surface area contributed by atoms with Crippen LogP contribution < -0.4 is 10.6 Å².